The minimum absolute atomic E-state index is 0.0928. The predicted molar refractivity (Wildman–Crippen MR) is 76.5 cm³/mol. The fourth-order valence-electron chi connectivity index (χ4n) is 1.35. The Labute approximate surface area is 119 Å². The average molecular weight is 343 g/mol. The highest BCUT2D eigenvalue weighted by atomic mass is 79.9. The second kappa shape index (κ2) is 5.54. The molecule has 2 N–H and O–H groups in total. The molecule has 0 aliphatic carbocycles. The first-order valence-electron chi connectivity index (χ1n) is 5.29. The van der Waals surface area contributed by atoms with Gasteiger partial charge in [0, 0.05) is 25.6 Å². The first-order valence-corrected chi connectivity index (χ1v) is 7.56. The van der Waals surface area contributed by atoms with Crippen LogP contribution in [0.4, 0.5) is 11.5 Å². The summed E-state index contributed by atoms with van der Waals surface area (Å²) < 4.78 is 27.3. The molecule has 0 aromatic carbocycles. The lowest BCUT2D eigenvalue weighted by Gasteiger charge is -2.09. The standard InChI is InChI=1S/C11H11BrN4O2S/c1-13-11-3-2-8(6-15-11)19(17,18)16-10-4-5-14-7-9(10)12/h2-7H,1H3,(H,13,15)(H,14,16). The van der Waals surface area contributed by atoms with Gasteiger partial charge in [-0.1, -0.05) is 0 Å². The summed E-state index contributed by atoms with van der Waals surface area (Å²) in [6, 6.07) is 4.64. The maximum atomic E-state index is 12.1. The third-order valence-corrected chi connectivity index (χ3v) is 4.30. The predicted octanol–water partition coefficient (Wildman–Crippen LogP) is 2.08. The molecule has 6 nitrogen and oxygen atoms in total. The van der Waals surface area contributed by atoms with Crippen LogP contribution in [0.15, 0.2) is 46.2 Å². The number of anilines is 2. The second-order valence-corrected chi connectivity index (χ2v) is 6.13. The summed E-state index contributed by atoms with van der Waals surface area (Å²) in [7, 11) is -1.95. The molecule has 0 saturated heterocycles. The molecule has 0 radical (unpaired) electrons. The van der Waals surface area contributed by atoms with Crippen molar-refractivity contribution >= 4 is 37.5 Å². The lowest BCUT2D eigenvalue weighted by molar-refractivity contribution is 0.601. The Morgan fingerprint density at radius 1 is 1.21 bits per heavy atom. The molecular weight excluding hydrogens is 332 g/mol. The molecule has 2 aromatic rings. The quantitative estimate of drug-likeness (QED) is 0.888. The molecule has 0 aliphatic rings. The number of nitrogens with one attached hydrogen (secondary N) is 2. The van der Waals surface area contributed by atoms with Gasteiger partial charge in [0.05, 0.1) is 10.2 Å². The Hall–Kier alpha value is -1.67. The first kappa shape index (κ1) is 13.8. The highest BCUT2D eigenvalue weighted by Gasteiger charge is 2.15. The van der Waals surface area contributed by atoms with E-state index in [2.05, 4.69) is 35.9 Å². The number of aromatic nitrogens is 2. The van der Waals surface area contributed by atoms with Gasteiger partial charge >= 0.3 is 0 Å². The number of hydrogen-bond acceptors (Lipinski definition) is 5. The van der Waals surface area contributed by atoms with Gasteiger partial charge in [-0.3, -0.25) is 9.71 Å². The number of rotatable bonds is 4. The first-order chi connectivity index (χ1) is 9.03. The summed E-state index contributed by atoms with van der Waals surface area (Å²) >= 11 is 3.23. The molecule has 0 bridgehead atoms. The molecule has 2 heterocycles. The third-order valence-electron chi connectivity index (χ3n) is 2.32. The van der Waals surface area contributed by atoms with E-state index in [9.17, 15) is 8.42 Å². The van der Waals surface area contributed by atoms with Crippen molar-refractivity contribution in [3.63, 3.8) is 0 Å². The smallest absolute Gasteiger partial charge is 0.263 e. The molecule has 0 aliphatic heterocycles. The van der Waals surface area contributed by atoms with E-state index >= 15 is 0 Å². The summed E-state index contributed by atoms with van der Waals surface area (Å²) in [6.07, 6.45) is 4.31. The van der Waals surface area contributed by atoms with Crippen molar-refractivity contribution in [2.75, 3.05) is 17.1 Å². The third kappa shape index (κ3) is 3.21. The van der Waals surface area contributed by atoms with Crippen LogP contribution >= 0.6 is 15.9 Å². The van der Waals surface area contributed by atoms with Crippen LogP contribution in [-0.4, -0.2) is 25.4 Å². The molecule has 19 heavy (non-hydrogen) atoms. The summed E-state index contributed by atoms with van der Waals surface area (Å²) in [6.45, 7) is 0. The van der Waals surface area contributed by atoms with Gasteiger partial charge in [0.25, 0.3) is 10.0 Å². The molecule has 0 atom stereocenters. The van der Waals surface area contributed by atoms with Crippen molar-refractivity contribution in [1.82, 2.24) is 9.97 Å². The maximum Gasteiger partial charge on any atom is 0.263 e. The SMILES string of the molecule is CNc1ccc(S(=O)(=O)Nc2ccncc2Br)cn1. The lowest BCUT2D eigenvalue weighted by atomic mass is 10.4. The van der Waals surface area contributed by atoms with E-state index in [1.807, 2.05) is 0 Å². The Bertz CT molecular complexity index is 673. The zero-order valence-electron chi connectivity index (χ0n) is 9.96. The average Bonchev–Trinajstić information content (AvgIpc) is 2.41. The van der Waals surface area contributed by atoms with Gasteiger partial charge in [-0.2, -0.15) is 0 Å². The zero-order chi connectivity index (χ0) is 13.9. The van der Waals surface area contributed by atoms with Crippen LogP contribution in [0.1, 0.15) is 0 Å². The van der Waals surface area contributed by atoms with Crippen LogP contribution in [-0.2, 0) is 10.0 Å². The van der Waals surface area contributed by atoms with Crippen molar-refractivity contribution in [3.8, 4) is 0 Å². The van der Waals surface area contributed by atoms with Gasteiger partial charge in [-0.15, -0.1) is 0 Å². The Balaban J connectivity index is 2.30. The largest absolute Gasteiger partial charge is 0.373 e. The minimum atomic E-state index is -3.66. The molecule has 100 valence electrons. The fourth-order valence-corrected chi connectivity index (χ4v) is 2.85. The second-order valence-electron chi connectivity index (χ2n) is 3.59. The molecule has 2 rings (SSSR count). The lowest BCUT2D eigenvalue weighted by Crippen LogP contribution is -2.13. The van der Waals surface area contributed by atoms with Crippen LogP contribution in [0, 0.1) is 0 Å². The van der Waals surface area contributed by atoms with E-state index in [0.29, 0.717) is 16.0 Å². The Morgan fingerprint density at radius 2 is 2.00 bits per heavy atom. The molecule has 0 spiro atoms. The van der Waals surface area contributed by atoms with Gasteiger partial charge in [-0.25, -0.2) is 13.4 Å². The summed E-state index contributed by atoms with van der Waals surface area (Å²) in [4.78, 5) is 7.93. The summed E-state index contributed by atoms with van der Waals surface area (Å²) in [5.74, 6) is 0.601. The topological polar surface area (TPSA) is 84.0 Å². The molecule has 0 saturated carbocycles. The van der Waals surface area contributed by atoms with Gasteiger partial charge in [0.15, 0.2) is 0 Å². The minimum Gasteiger partial charge on any atom is -0.373 e. The van der Waals surface area contributed by atoms with Crippen LogP contribution in [0.3, 0.4) is 0 Å². The number of nitrogens with zero attached hydrogens (tertiary/aromatic N) is 2. The maximum absolute atomic E-state index is 12.1. The normalized spacial score (nSPS) is 11.1. The molecule has 0 unspecified atom stereocenters. The van der Waals surface area contributed by atoms with E-state index in [1.165, 1.54) is 24.7 Å². The van der Waals surface area contributed by atoms with Crippen LogP contribution in [0.25, 0.3) is 0 Å². The van der Waals surface area contributed by atoms with E-state index in [4.69, 9.17) is 0 Å². The van der Waals surface area contributed by atoms with Crippen molar-refractivity contribution in [3.05, 3.63) is 41.3 Å². The number of pyridine rings is 2. The monoisotopic (exact) mass is 342 g/mol. The van der Waals surface area contributed by atoms with Crippen molar-refractivity contribution < 1.29 is 8.42 Å². The van der Waals surface area contributed by atoms with Gasteiger partial charge in [0.1, 0.15) is 10.7 Å². The molecule has 2 aromatic heterocycles. The molecular formula is C11H11BrN4O2S. The van der Waals surface area contributed by atoms with Gasteiger partial charge in [-0.05, 0) is 34.1 Å². The van der Waals surface area contributed by atoms with Crippen molar-refractivity contribution in [2.45, 2.75) is 4.90 Å². The van der Waals surface area contributed by atoms with Crippen LogP contribution in [0.2, 0.25) is 0 Å². The van der Waals surface area contributed by atoms with E-state index in [1.54, 1.807) is 19.2 Å². The van der Waals surface area contributed by atoms with E-state index in [-0.39, 0.29) is 4.90 Å². The fraction of sp³-hybridized carbons (Fsp3) is 0.0909. The zero-order valence-corrected chi connectivity index (χ0v) is 12.4. The highest BCUT2D eigenvalue weighted by Crippen LogP contribution is 2.23. The molecule has 0 fully saturated rings. The van der Waals surface area contributed by atoms with Crippen molar-refractivity contribution in [1.29, 1.82) is 0 Å². The van der Waals surface area contributed by atoms with Crippen LogP contribution < -0.4 is 10.0 Å². The van der Waals surface area contributed by atoms with Gasteiger partial charge in [0.2, 0.25) is 0 Å². The Morgan fingerprint density at radius 3 is 2.58 bits per heavy atom. The number of hydrogen-bond donors (Lipinski definition) is 2. The molecule has 0 amide bonds. The van der Waals surface area contributed by atoms with Gasteiger partial charge < -0.3 is 5.32 Å². The number of halogens is 1. The summed E-state index contributed by atoms with van der Waals surface area (Å²) in [5, 5.41) is 2.82. The van der Waals surface area contributed by atoms with E-state index in [0.717, 1.165) is 0 Å². The highest BCUT2D eigenvalue weighted by molar-refractivity contribution is 9.10. The van der Waals surface area contributed by atoms with E-state index < -0.39 is 10.0 Å². The molecule has 8 heteroatoms. The summed E-state index contributed by atoms with van der Waals surface area (Å²) in [5.41, 5.74) is 0.424. The van der Waals surface area contributed by atoms with Crippen LogP contribution in [0.5, 0.6) is 0 Å². The van der Waals surface area contributed by atoms with Crippen molar-refractivity contribution in [2.24, 2.45) is 0 Å². The Kier molecular flexibility index (Phi) is 4.01. The number of sulfonamides is 1.